The zero-order valence-electron chi connectivity index (χ0n) is 9.09. The third kappa shape index (κ3) is 3.38. The van der Waals surface area contributed by atoms with E-state index in [9.17, 15) is 8.78 Å². The van der Waals surface area contributed by atoms with Gasteiger partial charge in [0.15, 0.2) is 0 Å². The van der Waals surface area contributed by atoms with Gasteiger partial charge in [-0.25, -0.2) is 8.78 Å². The Labute approximate surface area is 90.0 Å². The van der Waals surface area contributed by atoms with Gasteiger partial charge in [-0.3, -0.25) is 4.90 Å². The van der Waals surface area contributed by atoms with Crippen LogP contribution in [-0.2, 0) is 0 Å². The van der Waals surface area contributed by atoms with Crippen molar-refractivity contribution in [3.05, 3.63) is 0 Å². The Balaban J connectivity index is 1.62. The molecule has 88 valence electrons. The number of halogens is 2. The zero-order chi connectivity index (χ0) is 10.7. The monoisotopic (exact) mass is 218 g/mol. The van der Waals surface area contributed by atoms with Gasteiger partial charge < -0.3 is 5.32 Å². The second kappa shape index (κ2) is 5.21. The lowest BCUT2D eigenvalue weighted by Gasteiger charge is -2.37. The molecule has 1 N–H and O–H groups in total. The normalized spacial score (nSPS) is 25.8. The van der Waals surface area contributed by atoms with Gasteiger partial charge >= 0.3 is 0 Å². The van der Waals surface area contributed by atoms with E-state index in [2.05, 4.69) is 5.32 Å². The fourth-order valence-corrected chi connectivity index (χ4v) is 2.39. The van der Waals surface area contributed by atoms with Crippen LogP contribution in [0.3, 0.4) is 0 Å². The molecule has 1 aliphatic heterocycles. The van der Waals surface area contributed by atoms with Gasteiger partial charge in [0.25, 0.3) is 6.43 Å². The maximum absolute atomic E-state index is 12.1. The highest BCUT2D eigenvalue weighted by Gasteiger charge is 2.25. The van der Waals surface area contributed by atoms with E-state index in [0.717, 1.165) is 32.0 Å². The molecule has 0 aromatic carbocycles. The molecule has 2 fully saturated rings. The molecule has 0 unspecified atom stereocenters. The average molecular weight is 218 g/mol. The molecule has 1 saturated carbocycles. The molecular weight excluding hydrogens is 198 g/mol. The maximum atomic E-state index is 12.1. The van der Waals surface area contributed by atoms with Crippen LogP contribution in [0.1, 0.15) is 32.1 Å². The number of hydrogen-bond acceptors (Lipinski definition) is 2. The van der Waals surface area contributed by atoms with Gasteiger partial charge in [0.2, 0.25) is 0 Å². The fraction of sp³-hybridized carbons (Fsp3) is 1.00. The number of nitrogens with one attached hydrogen (secondary N) is 1. The largest absolute Gasteiger partial charge is 0.311 e. The minimum atomic E-state index is -2.18. The molecule has 2 nitrogen and oxygen atoms in total. The standard InChI is InChI=1S/C11H20F2N2/c12-11(13)8-15-6-4-10(5-7-15)14-9-2-1-3-9/h9-11,14H,1-8H2. The van der Waals surface area contributed by atoms with Crippen LogP contribution in [0.5, 0.6) is 0 Å². The van der Waals surface area contributed by atoms with Crippen molar-refractivity contribution in [1.29, 1.82) is 0 Å². The van der Waals surface area contributed by atoms with Crippen LogP contribution in [0.25, 0.3) is 0 Å². The van der Waals surface area contributed by atoms with Crippen LogP contribution in [0.4, 0.5) is 8.78 Å². The Hall–Kier alpha value is -0.220. The SMILES string of the molecule is FC(F)CN1CCC(NC2CCC2)CC1. The van der Waals surface area contributed by atoms with Gasteiger partial charge in [-0.05, 0) is 38.8 Å². The predicted molar refractivity (Wildman–Crippen MR) is 56.2 cm³/mol. The third-order valence-corrected chi connectivity index (χ3v) is 3.56. The molecule has 2 aliphatic rings. The van der Waals surface area contributed by atoms with E-state index >= 15 is 0 Å². The Kier molecular flexibility index (Phi) is 3.92. The lowest BCUT2D eigenvalue weighted by atomic mass is 9.91. The number of alkyl halides is 2. The van der Waals surface area contributed by atoms with E-state index in [1.165, 1.54) is 19.3 Å². The highest BCUT2D eigenvalue weighted by Crippen LogP contribution is 2.21. The highest BCUT2D eigenvalue weighted by atomic mass is 19.3. The van der Waals surface area contributed by atoms with Gasteiger partial charge in [-0.2, -0.15) is 0 Å². The molecule has 0 aromatic heterocycles. The number of piperidine rings is 1. The number of likely N-dealkylation sites (tertiary alicyclic amines) is 1. The summed E-state index contributed by atoms with van der Waals surface area (Å²) in [5.74, 6) is 0. The first-order valence-corrected chi connectivity index (χ1v) is 6.00. The quantitative estimate of drug-likeness (QED) is 0.774. The molecule has 0 spiro atoms. The Morgan fingerprint density at radius 3 is 2.13 bits per heavy atom. The lowest BCUT2D eigenvalue weighted by molar-refractivity contribution is 0.0707. The number of nitrogens with zero attached hydrogens (tertiary/aromatic N) is 1. The van der Waals surface area contributed by atoms with Crippen molar-refractivity contribution in [3.63, 3.8) is 0 Å². The summed E-state index contributed by atoms with van der Waals surface area (Å²) in [7, 11) is 0. The Bertz CT molecular complexity index is 187. The molecule has 1 aliphatic carbocycles. The Morgan fingerprint density at radius 1 is 1.07 bits per heavy atom. The summed E-state index contributed by atoms with van der Waals surface area (Å²) in [6, 6.07) is 1.29. The minimum Gasteiger partial charge on any atom is -0.311 e. The van der Waals surface area contributed by atoms with Gasteiger partial charge in [0, 0.05) is 12.1 Å². The van der Waals surface area contributed by atoms with E-state index in [-0.39, 0.29) is 6.54 Å². The summed E-state index contributed by atoms with van der Waals surface area (Å²) in [4.78, 5) is 1.88. The second-order valence-corrected chi connectivity index (χ2v) is 4.76. The summed E-state index contributed by atoms with van der Waals surface area (Å²) >= 11 is 0. The summed E-state index contributed by atoms with van der Waals surface area (Å²) in [6.45, 7) is 1.61. The zero-order valence-corrected chi connectivity index (χ0v) is 9.09. The van der Waals surface area contributed by atoms with Crippen molar-refractivity contribution in [1.82, 2.24) is 10.2 Å². The fourth-order valence-electron chi connectivity index (χ4n) is 2.39. The van der Waals surface area contributed by atoms with Gasteiger partial charge in [0.1, 0.15) is 0 Å². The van der Waals surface area contributed by atoms with Crippen molar-refractivity contribution in [2.24, 2.45) is 0 Å². The number of hydrogen-bond donors (Lipinski definition) is 1. The van der Waals surface area contributed by atoms with Gasteiger partial charge in [-0.1, -0.05) is 6.42 Å². The molecule has 0 atom stereocenters. The Morgan fingerprint density at radius 2 is 1.67 bits per heavy atom. The molecule has 1 heterocycles. The molecule has 2 rings (SSSR count). The molecule has 0 amide bonds. The van der Waals surface area contributed by atoms with E-state index < -0.39 is 6.43 Å². The summed E-state index contributed by atoms with van der Waals surface area (Å²) < 4.78 is 24.3. The molecule has 0 bridgehead atoms. The van der Waals surface area contributed by atoms with Gasteiger partial charge in [0.05, 0.1) is 6.54 Å². The van der Waals surface area contributed by atoms with Crippen LogP contribution >= 0.6 is 0 Å². The molecule has 15 heavy (non-hydrogen) atoms. The van der Waals surface area contributed by atoms with E-state index in [1.807, 2.05) is 4.90 Å². The van der Waals surface area contributed by atoms with Crippen LogP contribution in [-0.4, -0.2) is 43.0 Å². The second-order valence-electron chi connectivity index (χ2n) is 4.76. The highest BCUT2D eigenvalue weighted by molar-refractivity contribution is 4.84. The first-order chi connectivity index (χ1) is 7.24. The topological polar surface area (TPSA) is 15.3 Å². The van der Waals surface area contributed by atoms with Crippen molar-refractivity contribution in [2.45, 2.75) is 50.6 Å². The summed E-state index contributed by atoms with van der Waals surface area (Å²) in [5, 5.41) is 3.61. The van der Waals surface area contributed by atoms with Crippen molar-refractivity contribution < 1.29 is 8.78 Å². The molecule has 1 saturated heterocycles. The van der Waals surface area contributed by atoms with Crippen molar-refractivity contribution in [3.8, 4) is 0 Å². The predicted octanol–water partition coefficient (Wildman–Crippen LogP) is 1.86. The smallest absolute Gasteiger partial charge is 0.251 e. The lowest BCUT2D eigenvalue weighted by Crippen LogP contribution is -2.48. The maximum Gasteiger partial charge on any atom is 0.251 e. The minimum absolute atomic E-state index is 0.0455. The molecule has 0 aromatic rings. The van der Waals surface area contributed by atoms with Crippen LogP contribution in [0.15, 0.2) is 0 Å². The average Bonchev–Trinajstić information content (AvgIpc) is 2.13. The van der Waals surface area contributed by atoms with E-state index in [0.29, 0.717) is 6.04 Å². The first-order valence-electron chi connectivity index (χ1n) is 6.00. The first kappa shape index (κ1) is 11.3. The van der Waals surface area contributed by atoms with Crippen molar-refractivity contribution in [2.75, 3.05) is 19.6 Å². The molecule has 4 heteroatoms. The van der Waals surface area contributed by atoms with E-state index in [4.69, 9.17) is 0 Å². The third-order valence-electron chi connectivity index (χ3n) is 3.56. The van der Waals surface area contributed by atoms with Crippen LogP contribution in [0, 0.1) is 0 Å². The number of rotatable bonds is 4. The summed E-state index contributed by atoms with van der Waals surface area (Å²) in [5.41, 5.74) is 0. The summed E-state index contributed by atoms with van der Waals surface area (Å²) in [6.07, 6.45) is 3.84. The van der Waals surface area contributed by atoms with E-state index in [1.54, 1.807) is 0 Å². The molecule has 0 radical (unpaired) electrons. The molecular formula is C11H20F2N2. The van der Waals surface area contributed by atoms with Crippen LogP contribution in [0.2, 0.25) is 0 Å². The van der Waals surface area contributed by atoms with Gasteiger partial charge in [-0.15, -0.1) is 0 Å². The van der Waals surface area contributed by atoms with Crippen molar-refractivity contribution >= 4 is 0 Å². The van der Waals surface area contributed by atoms with Crippen LogP contribution < -0.4 is 5.32 Å².